The summed E-state index contributed by atoms with van der Waals surface area (Å²) in [5.41, 5.74) is 0.773. The van der Waals surface area contributed by atoms with E-state index in [2.05, 4.69) is 11.9 Å². The minimum absolute atomic E-state index is 0.0386. The second-order valence-electron chi connectivity index (χ2n) is 2.77. The minimum Gasteiger partial charge on any atom is -0.383 e. The zero-order chi connectivity index (χ0) is 8.85. The fourth-order valence-corrected chi connectivity index (χ4v) is 0.637. The van der Waals surface area contributed by atoms with E-state index in [-0.39, 0.29) is 5.78 Å². The van der Waals surface area contributed by atoms with Crippen molar-refractivity contribution in [2.75, 3.05) is 0 Å². The topological polar surface area (TPSA) is 29.1 Å². The number of carbonyl (C=O) groups excluding carboxylic acids is 1. The average molecular weight is 153 g/mol. The van der Waals surface area contributed by atoms with Gasteiger partial charge in [0.1, 0.15) is 0 Å². The van der Waals surface area contributed by atoms with Crippen molar-refractivity contribution < 1.29 is 4.79 Å². The van der Waals surface area contributed by atoms with Gasteiger partial charge in [-0.2, -0.15) is 0 Å². The molecule has 62 valence electrons. The molecule has 0 bridgehead atoms. The number of nitrogens with one attached hydrogen (secondary N) is 1. The molecule has 0 aliphatic heterocycles. The molecule has 2 nitrogen and oxygen atoms in total. The van der Waals surface area contributed by atoms with Crippen LogP contribution in [0.15, 0.2) is 24.4 Å². The van der Waals surface area contributed by atoms with Crippen molar-refractivity contribution in [3.63, 3.8) is 0 Å². The summed E-state index contributed by atoms with van der Waals surface area (Å²) in [5.74, 6) is 0.0386. The van der Waals surface area contributed by atoms with E-state index in [1.165, 1.54) is 13.0 Å². The summed E-state index contributed by atoms with van der Waals surface area (Å²) in [4.78, 5) is 10.5. The Morgan fingerprint density at radius 1 is 1.45 bits per heavy atom. The first-order valence-electron chi connectivity index (χ1n) is 3.66. The molecule has 0 aromatic heterocycles. The number of rotatable bonds is 4. The average Bonchev–Trinajstić information content (AvgIpc) is 1.82. The molecular formula is C9H15NO. The Bertz CT molecular complexity index is 180. The van der Waals surface area contributed by atoms with Crippen LogP contribution in [0.25, 0.3) is 0 Å². The van der Waals surface area contributed by atoms with Crippen molar-refractivity contribution in [3.05, 3.63) is 24.4 Å². The van der Waals surface area contributed by atoms with Gasteiger partial charge in [0.15, 0.2) is 5.78 Å². The first-order chi connectivity index (χ1) is 5.02. The van der Waals surface area contributed by atoms with Gasteiger partial charge in [-0.05, 0) is 32.9 Å². The molecule has 0 aliphatic carbocycles. The molecule has 0 aliphatic rings. The highest BCUT2D eigenvalue weighted by atomic mass is 16.1. The third-order valence-electron chi connectivity index (χ3n) is 0.993. The lowest BCUT2D eigenvalue weighted by molar-refractivity contribution is -0.112. The molecule has 0 atom stereocenters. The summed E-state index contributed by atoms with van der Waals surface area (Å²) >= 11 is 0. The molecule has 0 aromatic carbocycles. The van der Waals surface area contributed by atoms with Crippen LogP contribution >= 0.6 is 0 Å². The van der Waals surface area contributed by atoms with Crippen LogP contribution in [0.2, 0.25) is 0 Å². The van der Waals surface area contributed by atoms with Crippen molar-refractivity contribution in [1.82, 2.24) is 5.32 Å². The van der Waals surface area contributed by atoms with E-state index in [0.717, 1.165) is 5.70 Å². The maximum atomic E-state index is 10.5. The van der Waals surface area contributed by atoms with Crippen molar-refractivity contribution in [3.8, 4) is 0 Å². The van der Waals surface area contributed by atoms with Crippen LogP contribution in [-0.2, 0) is 4.79 Å². The SMILES string of the molecule is C=C(C=CC(C)=O)NC(C)C. The fourth-order valence-electron chi connectivity index (χ4n) is 0.637. The number of hydrogen-bond acceptors (Lipinski definition) is 2. The van der Waals surface area contributed by atoms with E-state index in [1.54, 1.807) is 6.08 Å². The number of carbonyl (C=O) groups is 1. The Morgan fingerprint density at radius 3 is 2.36 bits per heavy atom. The normalized spacial score (nSPS) is 10.5. The molecule has 0 amide bonds. The van der Waals surface area contributed by atoms with Gasteiger partial charge in [-0.25, -0.2) is 0 Å². The molecule has 0 aromatic rings. The molecule has 2 heteroatoms. The smallest absolute Gasteiger partial charge is 0.152 e. The summed E-state index contributed by atoms with van der Waals surface area (Å²) in [6.45, 7) is 9.27. The van der Waals surface area contributed by atoms with E-state index in [9.17, 15) is 4.79 Å². The Morgan fingerprint density at radius 2 is 2.00 bits per heavy atom. The quantitative estimate of drug-likeness (QED) is 0.491. The standard InChI is InChI=1S/C9H15NO/c1-7(2)10-8(3)5-6-9(4)11/h5-7,10H,3H2,1-2,4H3. The zero-order valence-corrected chi connectivity index (χ0v) is 7.35. The summed E-state index contributed by atoms with van der Waals surface area (Å²) in [6, 6.07) is 0.360. The first-order valence-corrected chi connectivity index (χ1v) is 3.66. The molecule has 0 saturated heterocycles. The number of ketones is 1. The van der Waals surface area contributed by atoms with Crippen LogP contribution in [-0.4, -0.2) is 11.8 Å². The van der Waals surface area contributed by atoms with E-state index in [0.29, 0.717) is 6.04 Å². The van der Waals surface area contributed by atoms with E-state index < -0.39 is 0 Å². The Labute approximate surface area is 68.0 Å². The van der Waals surface area contributed by atoms with Gasteiger partial charge in [0, 0.05) is 11.7 Å². The Balaban J connectivity index is 3.78. The highest BCUT2D eigenvalue weighted by molar-refractivity contribution is 5.87. The van der Waals surface area contributed by atoms with Crippen molar-refractivity contribution in [1.29, 1.82) is 0 Å². The van der Waals surface area contributed by atoms with E-state index in [1.807, 2.05) is 13.8 Å². The van der Waals surface area contributed by atoms with Crippen LogP contribution in [0.3, 0.4) is 0 Å². The van der Waals surface area contributed by atoms with Gasteiger partial charge in [-0.15, -0.1) is 0 Å². The van der Waals surface area contributed by atoms with Crippen LogP contribution in [0.5, 0.6) is 0 Å². The summed E-state index contributed by atoms with van der Waals surface area (Å²) in [5, 5.41) is 3.06. The monoisotopic (exact) mass is 153 g/mol. The van der Waals surface area contributed by atoms with E-state index >= 15 is 0 Å². The van der Waals surface area contributed by atoms with Gasteiger partial charge in [0.05, 0.1) is 0 Å². The fraction of sp³-hybridized carbons (Fsp3) is 0.444. The van der Waals surface area contributed by atoms with Gasteiger partial charge < -0.3 is 5.32 Å². The molecule has 0 saturated carbocycles. The third-order valence-corrected chi connectivity index (χ3v) is 0.993. The molecule has 1 N–H and O–H groups in total. The molecule has 0 radical (unpaired) electrons. The lowest BCUT2D eigenvalue weighted by Gasteiger charge is -2.08. The lowest BCUT2D eigenvalue weighted by atomic mass is 10.3. The highest BCUT2D eigenvalue weighted by Gasteiger charge is 1.91. The molecule has 0 fully saturated rings. The predicted molar refractivity (Wildman–Crippen MR) is 47.2 cm³/mol. The molecule has 0 heterocycles. The summed E-state index contributed by atoms with van der Waals surface area (Å²) in [6.07, 6.45) is 3.18. The number of allylic oxidation sites excluding steroid dienone is 2. The second kappa shape index (κ2) is 4.72. The van der Waals surface area contributed by atoms with Crippen molar-refractivity contribution in [2.45, 2.75) is 26.8 Å². The predicted octanol–water partition coefficient (Wildman–Crippen LogP) is 1.64. The first kappa shape index (κ1) is 9.95. The Hall–Kier alpha value is -1.05. The number of hydrogen-bond donors (Lipinski definition) is 1. The lowest BCUT2D eigenvalue weighted by Crippen LogP contribution is -2.20. The van der Waals surface area contributed by atoms with Gasteiger partial charge in [0.25, 0.3) is 0 Å². The van der Waals surface area contributed by atoms with Gasteiger partial charge in [-0.3, -0.25) is 4.79 Å². The molecule has 0 unspecified atom stereocenters. The highest BCUT2D eigenvalue weighted by Crippen LogP contribution is 1.90. The van der Waals surface area contributed by atoms with Crippen LogP contribution in [0, 0.1) is 0 Å². The van der Waals surface area contributed by atoms with Gasteiger partial charge >= 0.3 is 0 Å². The third kappa shape index (κ3) is 6.84. The van der Waals surface area contributed by atoms with Gasteiger partial charge in [-0.1, -0.05) is 6.58 Å². The zero-order valence-electron chi connectivity index (χ0n) is 7.35. The maximum absolute atomic E-state index is 10.5. The maximum Gasteiger partial charge on any atom is 0.152 e. The van der Waals surface area contributed by atoms with Crippen molar-refractivity contribution >= 4 is 5.78 Å². The minimum atomic E-state index is 0.0386. The van der Waals surface area contributed by atoms with Crippen LogP contribution in [0.4, 0.5) is 0 Å². The molecule has 0 spiro atoms. The molecule has 0 rings (SSSR count). The van der Waals surface area contributed by atoms with Crippen LogP contribution in [0.1, 0.15) is 20.8 Å². The second-order valence-corrected chi connectivity index (χ2v) is 2.77. The Kier molecular flexibility index (Phi) is 4.27. The largest absolute Gasteiger partial charge is 0.383 e. The summed E-state index contributed by atoms with van der Waals surface area (Å²) < 4.78 is 0. The summed E-state index contributed by atoms with van der Waals surface area (Å²) in [7, 11) is 0. The van der Waals surface area contributed by atoms with Crippen molar-refractivity contribution in [2.24, 2.45) is 0 Å². The van der Waals surface area contributed by atoms with Crippen LogP contribution < -0.4 is 5.32 Å². The van der Waals surface area contributed by atoms with Gasteiger partial charge in [0.2, 0.25) is 0 Å². The molecular weight excluding hydrogens is 138 g/mol. The molecule has 11 heavy (non-hydrogen) atoms. The van der Waals surface area contributed by atoms with E-state index in [4.69, 9.17) is 0 Å².